The second-order valence-electron chi connectivity index (χ2n) is 7.36. The first-order valence-corrected chi connectivity index (χ1v) is 11.1. The number of nitrogens with one attached hydrogen (secondary N) is 2. The highest BCUT2D eigenvalue weighted by atomic mass is 32.1. The molecule has 0 bridgehead atoms. The topological polar surface area (TPSA) is 102 Å². The number of fused-ring (bicyclic) bond motifs is 1. The average Bonchev–Trinajstić information content (AvgIpc) is 3.25. The summed E-state index contributed by atoms with van der Waals surface area (Å²) in [5.74, 6) is -0.747. The fourth-order valence-electron chi connectivity index (χ4n) is 3.18. The predicted molar refractivity (Wildman–Crippen MR) is 121 cm³/mol. The van der Waals surface area contributed by atoms with Gasteiger partial charge < -0.3 is 10.6 Å². The summed E-state index contributed by atoms with van der Waals surface area (Å²) in [7, 11) is 0. The lowest BCUT2D eigenvalue weighted by Crippen LogP contribution is -2.45. The molecule has 1 aromatic carbocycles. The normalized spacial score (nSPS) is 11.9. The first-order valence-electron chi connectivity index (χ1n) is 10.2. The van der Waals surface area contributed by atoms with E-state index in [0.717, 1.165) is 16.6 Å². The van der Waals surface area contributed by atoms with Gasteiger partial charge in [0.05, 0.1) is 5.52 Å². The van der Waals surface area contributed by atoms with Crippen molar-refractivity contribution < 1.29 is 9.59 Å². The maximum atomic E-state index is 13.0. The van der Waals surface area contributed by atoms with Crippen LogP contribution in [0.4, 0.5) is 0 Å². The Bertz CT molecular complexity index is 1180. The van der Waals surface area contributed by atoms with E-state index in [2.05, 4.69) is 10.6 Å². The van der Waals surface area contributed by atoms with E-state index in [1.807, 2.05) is 44.2 Å². The summed E-state index contributed by atoms with van der Waals surface area (Å²) < 4.78 is 2.49. The van der Waals surface area contributed by atoms with Gasteiger partial charge in [0.15, 0.2) is 0 Å². The van der Waals surface area contributed by atoms with Crippen molar-refractivity contribution in [1.82, 2.24) is 19.8 Å². The molecule has 0 radical (unpaired) electrons. The molecule has 2 heterocycles. The molecule has 1 unspecified atom stereocenters. The monoisotopic (exact) mass is 442 g/mol. The lowest BCUT2D eigenvalue weighted by Gasteiger charge is -2.14. The van der Waals surface area contributed by atoms with E-state index < -0.39 is 23.7 Å². The Morgan fingerprint density at radius 3 is 2.45 bits per heavy atom. The van der Waals surface area contributed by atoms with Crippen molar-refractivity contribution >= 4 is 33.4 Å². The number of hydrogen-bond acceptors (Lipinski definition) is 5. The molecule has 0 spiro atoms. The lowest BCUT2D eigenvalue weighted by molar-refractivity contribution is -0.122. The van der Waals surface area contributed by atoms with Gasteiger partial charge >= 0.3 is 5.69 Å². The van der Waals surface area contributed by atoms with Gasteiger partial charge in [0.1, 0.15) is 17.8 Å². The SMILES string of the molecule is CCC(C)NC(=O)Cn1c(=O)n(CC(=O)NCCc2ccccc2)c(=O)c2sccc21. The zero-order valence-corrected chi connectivity index (χ0v) is 18.4. The first kappa shape index (κ1) is 22.5. The van der Waals surface area contributed by atoms with E-state index in [4.69, 9.17) is 0 Å². The number of benzene rings is 1. The number of hydrogen-bond donors (Lipinski definition) is 2. The molecular weight excluding hydrogens is 416 g/mol. The van der Waals surface area contributed by atoms with Gasteiger partial charge in [0.25, 0.3) is 5.56 Å². The van der Waals surface area contributed by atoms with Crippen molar-refractivity contribution in [2.45, 2.75) is 45.8 Å². The van der Waals surface area contributed by atoms with Gasteiger partial charge in [0, 0.05) is 12.6 Å². The molecule has 0 aliphatic heterocycles. The van der Waals surface area contributed by atoms with Gasteiger partial charge in [-0.3, -0.25) is 19.0 Å². The van der Waals surface area contributed by atoms with E-state index in [-0.39, 0.29) is 18.5 Å². The summed E-state index contributed by atoms with van der Waals surface area (Å²) >= 11 is 1.18. The number of aromatic nitrogens is 2. The minimum Gasteiger partial charge on any atom is -0.354 e. The average molecular weight is 443 g/mol. The molecule has 2 amide bonds. The third-order valence-corrected chi connectivity index (χ3v) is 5.93. The highest BCUT2D eigenvalue weighted by molar-refractivity contribution is 7.17. The van der Waals surface area contributed by atoms with E-state index in [0.29, 0.717) is 23.2 Å². The molecule has 0 saturated heterocycles. The Balaban J connectivity index is 1.78. The summed E-state index contributed by atoms with van der Waals surface area (Å²) in [5.41, 5.74) is 0.287. The minimum absolute atomic E-state index is 0.0255. The molecule has 31 heavy (non-hydrogen) atoms. The van der Waals surface area contributed by atoms with Gasteiger partial charge in [-0.1, -0.05) is 37.3 Å². The number of amides is 2. The molecule has 9 heteroatoms. The maximum Gasteiger partial charge on any atom is 0.332 e. The quantitative estimate of drug-likeness (QED) is 0.524. The molecule has 3 rings (SSSR count). The van der Waals surface area contributed by atoms with Gasteiger partial charge in [-0.2, -0.15) is 0 Å². The maximum absolute atomic E-state index is 13.0. The van der Waals surface area contributed by atoms with Crippen LogP contribution in [-0.2, 0) is 29.1 Å². The van der Waals surface area contributed by atoms with Gasteiger partial charge in [-0.25, -0.2) is 9.36 Å². The van der Waals surface area contributed by atoms with E-state index in [9.17, 15) is 19.2 Å². The van der Waals surface area contributed by atoms with E-state index in [1.54, 1.807) is 11.4 Å². The summed E-state index contributed by atoms with van der Waals surface area (Å²) in [4.78, 5) is 50.5. The molecule has 0 saturated carbocycles. The standard InChI is InChI=1S/C22H26N4O4S/c1-3-15(2)24-19(28)14-25-17-10-12-31-20(17)21(29)26(22(25)30)13-18(27)23-11-9-16-7-5-4-6-8-16/h4-8,10,12,15H,3,9,11,13-14H2,1-2H3,(H,23,27)(H,24,28). The highest BCUT2D eigenvalue weighted by Crippen LogP contribution is 2.15. The molecule has 0 fully saturated rings. The molecule has 1 atom stereocenters. The van der Waals surface area contributed by atoms with Crippen LogP contribution in [0.2, 0.25) is 0 Å². The van der Waals surface area contributed by atoms with Crippen molar-refractivity contribution in [3.63, 3.8) is 0 Å². The van der Waals surface area contributed by atoms with Crippen LogP contribution in [-0.4, -0.2) is 33.5 Å². The third-order valence-electron chi connectivity index (χ3n) is 5.04. The Hall–Kier alpha value is -3.20. The van der Waals surface area contributed by atoms with Crippen molar-refractivity contribution in [3.05, 3.63) is 68.2 Å². The van der Waals surface area contributed by atoms with E-state index in [1.165, 1.54) is 15.9 Å². The van der Waals surface area contributed by atoms with E-state index >= 15 is 0 Å². The zero-order valence-electron chi connectivity index (χ0n) is 17.6. The number of rotatable bonds is 9. The second kappa shape index (κ2) is 10.2. The van der Waals surface area contributed by atoms with Crippen LogP contribution >= 0.6 is 11.3 Å². The number of carbonyl (C=O) groups is 2. The van der Waals surface area contributed by atoms with Crippen LogP contribution in [0, 0.1) is 0 Å². The Labute approximate surface area is 183 Å². The van der Waals surface area contributed by atoms with Crippen LogP contribution in [0.5, 0.6) is 0 Å². The van der Waals surface area contributed by atoms with Crippen LogP contribution in [0.3, 0.4) is 0 Å². The fraction of sp³-hybridized carbons (Fsp3) is 0.364. The molecule has 164 valence electrons. The van der Waals surface area contributed by atoms with Crippen molar-refractivity contribution in [3.8, 4) is 0 Å². The Kier molecular flexibility index (Phi) is 7.41. The predicted octanol–water partition coefficient (Wildman–Crippen LogP) is 1.50. The number of thiophene rings is 1. The second-order valence-corrected chi connectivity index (χ2v) is 8.27. The number of carbonyl (C=O) groups excluding carboxylic acids is 2. The third kappa shape index (κ3) is 5.49. The Morgan fingerprint density at radius 2 is 1.74 bits per heavy atom. The largest absolute Gasteiger partial charge is 0.354 e. The first-order chi connectivity index (χ1) is 14.9. The molecular formula is C22H26N4O4S. The molecule has 2 N–H and O–H groups in total. The van der Waals surface area contributed by atoms with Gasteiger partial charge in [0.2, 0.25) is 11.8 Å². The van der Waals surface area contributed by atoms with Gasteiger partial charge in [-0.05, 0) is 36.8 Å². The smallest absolute Gasteiger partial charge is 0.332 e. The Morgan fingerprint density at radius 1 is 1.03 bits per heavy atom. The van der Waals surface area contributed by atoms with Crippen LogP contribution in [0.25, 0.3) is 10.2 Å². The summed E-state index contributed by atoms with van der Waals surface area (Å²) in [6.07, 6.45) is 1.41. The van der Waals surface area contributed by atoms with Gasteiger partial charge in [-0.15, -0.1) is 11.3 Å². The summed E-state index contributed by atoms with van der Waals surface area (Å²) in [6, 6.07) is 11.3. The van der Waals surface area contributed by atoms with Crippen LogP contribution in [0.1, 0.15) is 25.8 Å². The molecule has 0 aliphatic carbocycles. The summed E-state index contributed by atoms with van der Waals surface area (Å²) in [5, 5.41) is 7.26. The minimum atomic E-state index is -0.673. The molecule has 3 aromatic rings. The molecule has 8 nitrogen and oxygen atoms in total. The zero-order chi connectivity index (χ0) is 22.4. The fourth-order valence-corrected chi connectivity index (χ4v) is 4.03. The van der Waals surface area contributed by atoms with Crippen LogP contribution in [0.15, 0.2) is 51.4 Å². The molecule has 0 aliphatic rings. The van der Waals surface area contributed by atoms with Crippen LogP contribution < -0.4 is 21.9 Å². The van der Waals surface area contributed by atoms with Crippen molar-refractivity contribution in [2.24, 2.45) is 0 Å². The van der Waals surface area contributed by atoms with Crippen molar-refractivity contribution in [2.75, 3.05) is 6.54 Å². The summed E-state index contributed by atoms with van der Waals surface area (Å²) in [6.45, 7) is 3.61. The highest BCUT2D eigenvalue weighted by Gasteiger charge is 2.18. The lowest BCUT2D eigenvalue weighted by atomic mass is 10.1. The molecule has 2 aromatic heterocycles. The van der Waals surface area contributed by atoms with Crippen molar-refractivity contribution in [1.29, 1.82) is 0 Å². The number of nitrogens with zero attached hydrogens (tertiary/aromatic N) is 2.